The average molecular weight is 549 g/mol. The SMILES string of the molecule is CC(=O)c1ccc(-c2ccc3c(c2O)C(O)=C2C(=O)[C@]4(O)C(O)=C(C(N)=O)C(=O)[C@@H](N(C)C)[C@@H]4[C@@H](O)[C@@H]2C3)cc1. The minimum absolute atomic E-state index is 0.0488. The van der Waals surface area contributed by atoms with E-state index in [0.29, 0.717) is 16.7 Å². The Hall–Kier alpha value is -4.32. The molecule has 0 spiro atoms. The minimum Gasteiger partial charge on any atom is -0.508 e. The van der Waals surface area contributed by atoms with Crippen molar-refractivity contribution in [3.05, 3.63) is 70.0 Å². The van der Waals surface area contributed by atoms with Crippen LogP contribution in [-0.4, -0.2) is 85.5 Å². The Balaban J connectivity index is 1.71. The molecule has 0 radical (unpaired) electrons. The van der Waals surface area contributed by atoms with Gasteiger partial charge in [0.05, 0.1) is 23.6 Å². The quantitative estimate of drug-likeness (QED) is 0.235. The standard InChI is InChI=1S/C29H28N2O9/c1-11(32)12-4-6-13(7-5-12)15-9-8-14-10-16-18(24(35)17(14)22(15)33)26(37)29(40)20(23(16)34)21(31(2)3)25(36)19(27(29)38)28(30)39/h4-9,16,20-21,23,33-35,38,40H,10H2,1-3H3,(H2,30,39)/t16-,20-,21+,23+,29+/m1/s1. The van der Waals surface area contributed by atoms with E-state index in [0.717, 1.165) is 0 Å². The van der Waals surface area contributed by atoms with Crippen LogP contribution in [0, 0.1) is 11.8 Å². The van der Waals surface area contributed by atoms with Gasteiger partial charge in [-0.05, 0) is 38.6 Å². The topological polar surface area (TPSA) is 199 Å². The summed E-state index contributed by atoms with van der Waals surface area (Å²) < 4.78 is 0. The highest BCUT2D eigenvalue weighted by atomic mass is 16.4. The first-order valence-corrected chi connectivity index (χ1v) is 12.5. The zero-order valence-electron chi connectivity index (χ0n) is 21.9. The second-order valence-corrected chi connectivity index (χ2v) is 10.7. The molecule has 2 aromatic carbocycles. The molecule has 0 saturated heterocycles. The van der Waals surface area contributed by atoms with Gasteiger partial charge < -0.3 is 31.3 Å². The Morgan fingerprint density at radius 1 is 1.02 bits per heavy atom. The lowest BCUT2D eigenvalue weighted by Crippen LogP contribution is -2.70. The molecular formula is C29H28N2O9. The third-order valence-corrected chi connectivity index (χ3v) is 8.28. The molecule has 11 heteroatoms. The van der Waals surface area contributed by atoms with E-state index in [1.165, 1.54) is 25.9 Å². The number of benzene rings is 2. The first-order valence-electron chi connectivity index (χ1n) is 12.5. The number of Topliss-reactive ketones (excluding diaryl/α,β-unsaturated/α-hetero) is 3. The number of phenolic OH excluding ortho intramolecular Hbond substituents is 1. The number of hydrogen-bond acceptors (Lipinski definition) is 10. The van der Waals surface area contributed by atoms with Crippen LogP contribution in [-0.2, 0) is 20.8 Å². The molecular weight excluding hydrogens is 520 g/mol. The largest absolute Gasteiger partial charge is 0.508 e. The lowest BCUT2D eigenvalue weighted by molar-refractivity contribution is -0.168. The highest BCUT2D eigenvalue weighted by molar-refractivity contribution is 6.24. The van der Waals surface area contributed by atoms with E-state index in [-0.39, 0.29) is 29.1 Å². The fraction of sp³-hybridized carbons (Fsp3) is 0.310. The van der Waals surface area contributed by atoms with Gasteiger partial charge in [0.25, 0.3) is 5.91 Å². The van der Waals surface area contributed by atoms with Crippen LogP contribution in [0.4, 0.5) is 0 Å². The fourth-order valence-electron chi connectivity index (χ4n) is 6.35. The van der Waals surface area contributed by atoms with Gasteiger partial charge in [-0.1, -0.05) is 36.4 Å². The molecule has 208 valence electrons. The van der Waals surface area contributed by atoms with Gasteiger partial charge in [-0.2, -0.15) is 0 Å². The van der Waals surface area contributed by atoms with Gasteiger partial charge in [-0.3, -0.25) is 24.1 Å². The average Bonchev–Trinajstić information content (AvgIpc) is 2.88. The van der Waals surface area contributed by atoms with E-state index in [9.17, 15) is 44.7 Å². The van der Waals surface area contributed by atoms with Crippen LogP contribution in [0.5, 0.6) is 5.75 Å². The molecule has 1 saturated carbocycles. The van der Waals surface area contributed by atoms with E-state index >= 15 is 0 Å². The molecule has 40 heavy (non-hydrogen) atoms. The molecule has 5 atom stereocenters. The zero-order chi connectivity index (χ0) is 29.4. The second-order valence-electron chi connectivity index (χ2n) is 10.7. The van der Waals surface area contributed by atoms with Crippen molar-refractivity contribution in [2.75, 3.05) is 14.1 Å². The van der Waals surface area contributed by atoms with Crippen molar-refractivity contribution in [1.82, 2.24) is 4.90 Å². The van der Waals surface area contributed by atoms with Crippen LogP contribution in [0.2, 0.25) is 0 Å². The Labute approximate surface area is 228 Å². The van der Waals surface area contributed by atoms with Crippen molar-refractivity contribution in [2.24, 2.45) is 17.6 Å². The highest BCUT2D eigenvalue weighted by Gasteiger charge is 2.67. The number of hydrogen-bond donors (Lipinski definition) is 6. The Morgan fingerprint density at radius 2 is 1.65 bits per heavy atom. The summed E-state index contributed by atoms with van der Waals surface area (Å²) in [5, 5.41) is 56.7. The number of aliphatic hydroxyl groups is 4. The van der Waals surface area contributed by atoms with Gasteiger partial charge in [0.1, 0.15) is 22.8 Å². The van der Waals surface area contributed by atoms with Gasteiger partial charge in [0.15, 0.2) is 17.2 Å². The van der Waals surface area contributed by atoms with E-state index in [2.05, 4.69) is 0 Å². The van der Waals surface area contributed by atoms with E-state index in [1.807, 2.05) is 0 Å². The van der Waals surface area contributed by atoms with Gasteiger partial charge in [0.2, 0.25) is 5.78 Å². The predicted octanol–water partition coefficient (Wildman–Crippen LogP) is 0.804. The van der Waals surface area contributed by atoms with Crippen molar-refractivity contribution in [3.8, 4) is 16.9 Å². The number of carbonyl (C=O) groups is 4. The Morgan fingerprint density at radius 3 is 2.20 bits per heavy atom. The first kappa shape index (κ1) is 27.3. The number of likely N-dealkylation sites (N-methyl/N-ethyl adjacent to an activating group) is 1. The van der Waals surface area contributed by atoms with Crippen LogP contribution in [0.3, 0.4) is 0 Å². The van der Waals surface area contributed by atoms with Crippen LogP contribution in [0.1, 0.15) is 28.4 Å². The molecule has 0 bridgehead atoms. The van der Waals surface area contributed by atoms with Crippen molar-refractivity contribution < 1.29 is 44.7 Å². The van der Waals surface area contributed by atoms with E-state index in [4.69, 9.17) is 5.73 Å². The maximum absolute atomic E-state index is 13.9. The summed E-state index contributed by atoms with van der Waals surface area (Å²) in [5.41, 5.74) is 2.50. The fourth-order valence-corrected chi connectivity index (χ4v) is 6.35. The minimum atomic E-state index is -2.96. The second kappa shape index (κ2) is 9.12. The van der Waals surface area contributed by atoms with Gasteiger partial charge >= 0.3 is 0 Å². The predicted molar refractivity (Wildman–Crippen MR) is 141 cm³/mol. The van der Waals surface area contributed by atoms with Crippen LogP contribution in [0.15, 0.2) is 53.3 Å². The lowest BCUT2D eigenvalue weighted by Gasteiger charge is -2.52. The van der Waals surface area contributed by atoms with Crippen LogP contribution in [0.25, 0.3) is 16.9 Å². The molecule has 0 heterocycles. The summed E-state index contributed by atoms with van der Waals surface area (Å²) in [6.45, 7) is 1.42. The number of primary amides is 1. The normalized spacial score (nSPS) is 27.9. The van der Waals surface area contributed by atoms with Gasteiger partial charge in [-0.15, -0.1) is 0 Å². The summed E-state index contributed by atoms with van der Waals surface area (Å²) in [6.07, 6.45) is -1.69. The van der Waals surface area contributed by atoms with E-state index < -0.39 is 69.7 Å². The summed E-state index contributed by atoms with van der Waals surface area (Å²) in [7, 11) is 2.89. The van der Waals surface area contributed by atoms with Crippen LogP contribution >= 0.6 is 0 Å². The van der Waals surface area contributed by atoms with Crippen molar-refractivity contribution in [1.29, 1.82) is 0 Å². The molecule has 7 N–H and O–H groups in total. The number of aliphatic hydroxyl groups excluding tert-OH is 3. The number of nitrogens with zero attached hydrogens (tertiary/aromatic N) is 1. The number of rotatable bonds is 4. The monoisotopic (exact) mass is 548 g/mol. The third kappa shape index (κ3) is 3.55. The summed E-state index contributed by atoms with van der Waals surface area (Å²) >= 11 is 0. The number of aromatic hydroxyl groups is 1. The maximum atomic E-state index is 13.9. The van der Waals surface area contributed by atoms with Gasteiger partial charge in [-0.25, -0.2) is 0 Å². The third-order valence-electron chi connectivity index (χ3n) is 8.28. The summed E-state index contributed by atoms with van der Waals surface area (Å²) in [4.78, 5) is 52.1. The Bertz CT molecular complexity index is 1570. The van der Waals surface area contributed by atoms with Gasteiger partial charge in [0, 0.05) is 22.6 Å². The highest BCUT2D eigenvalue weighted by Crippen LogP contribution is 2.53. The summed E-state index contributed by atoms with van der Waals surface area (Å²) in [6, 6.07) is 8.21. The molecule has 0 aliphatic heterocycles. The molecule has 0 aromatic heterocycles. The zero-order valence-corrected chi connectivity index (χ0v) is 21.9. The molecule has 1 amide bonds. The molecule has 5 rings (SSSR count). The van der Waals surface area contributed by atoms with Crippen molar-refractivity contribution in [3.63, 3.8) is 0 Å². The molecule has 0 unspecified atom stereocenters. The molecule has 2 aromatic rings. The number of amides is 1. The van der Waals surface area contributed by atoms with Crippen LogP contribution < -0.4 is 5.73 Å². The number of fused-ring (bicyclic) bond motifs is 3. The number of ketones is 3. The Kier molecular flexibility index (Phi) is 6.21. The molecule has 3 aliphatic carbocycles. The first-order chi connectivity index (χ1) is 18.7. The maximum Gasteiger partial charge on any atom is 0.255 e. The number of carbonyl (C=O) groups excluding carboxylic acids is 4. The van der Waals surface area contributed by atoms with E-state index in [1.54, 1.807) is 36.4 Å². The molecule has 11 nitrogen and oxygen atoms in total. The number of nitrogens with two attached hydrogens (primary N) is 1. The van der Waals surface area contributed by atoms with Crippen molar-refractivity contribution in [2.45, 2.75) is 31.1 Å². The molecule has 1 fully saturated rings. The smallest absolute Gasteiger partial charge is 0.255 e. The molecule has 3 aliphatic rings. The lowest BCUT2D eigenvalue weighted by atomic mass is 9.56. The van der Waals surface area contributed by atoms with Crippen molar-refractivity contribution >= 4 is 29.0 Å². The number of phenols is 1. The summed E-state index contributed by atoms with van der Waals surface area (Å²) in [5.74, 6) is -8.77.